The van der Waals surface area contributed by atoms with Crippen molar-refractivity contribution in [1.82, 2.24) is 10.6 Å². The number of hydrogen-bond acceptors (Lipinski definition) is 4. The Balaban J connectivity index is 2.40. The summed E-state index contributed by atoms with van der Waals surface area (Å²) >= 11 is 0. The highest BCUT2D eigenvalue weighted by Gasteiger charge is 2.37. The first kappa shape index (κ1) is 15.2. The fourth-order valence-corrected chi connectivity index (χ4v) is 1.88. The fraction of sp³-hybridized carbons (Fsp3) is 0.727. The van der Waals surface area contributed by atoms with E-state index in [0.717, 1.165) is 19.3 Å². The molecule has 1 fully saturated rings. The highest BCUT2D eigenvalue weighted by molar-refractivity contribution is 5.87. The lowest BCUT2D eigenvalue weighted by molar-refractivity contribution is -0.140. The number of carbonyl (C=O) groups is 3. The van der Waals surface area contributed by atoms with Crippen LogP contribution in [0.1, 0.15) is 25.7 Å². The predicted octanol–water partition coefficient (Wildman–Crippen LogP) is -0.817. The van der Waals surface area contributed by atoms with Gasteiger partial charge in [-0.2, -0.15) is 0 Å². The van der Waals surface area contributed by atoms with Crippen LogP contribution in [0.5, 0.6) is 0 Å². The van der Waals surface area contributed by atoms with Crippen molar-refractivity contribution in [1.29, 1.82) is 0 Å². The van der Waals surface area contributed by atoms with Crippen LogP contribution < -0.4 is 16.4 Å². The van der Waals surface area contributed by atoms with Gasteiger partial charge in [0.1, 0.15) is 6.04 Å². The number of carboxylic acid groups (broad SMARTS) is 1. The number of carboxylic acids is 1. The highest BCUT2D eigenvalue weighted by Crippen LogP contribution is 2.34. The van der Waals surface area contributed by atoms with E-state index in [0.29, 0.717) is 6.54 Å². The quantitative estimate of drug-likeness (QED) is 0.481. The maximum absolute atomic E-state index is 11.5. The van der Waals surface area contributed by atoms with Crippen molar-refractivity contribution in [3.63, 3.8) is 0 Å². The SMILES string of the molecule is COC1(CNC(=O)N[C@@H](CC(N)=O)C(=O)O)CCC1. The summed E-state index contributed by atoms with van der Waals surface area (Å²) in [6.07, 6.45) is 2.30. The van der Waals surface area contributed by atoms with Crippen LogP contribution in [0.4, 0.5) is 4.79 Å². The molecule has 0 radical (unpaired) electrons. The van der Waals surface area contributed by atoms with Crippen molar-refractivity contribution in [3.05, 3.63) is 0 Å². The normalized spacial score (nSPS) is 17.9. The van der Waals surface area contributed by atoms with Gasteiger partial charge in [0.2, 0.25) is 5.91 Å². The number of urea groups is 1. The molecule has 0 aliphatic heterocycles. The maximum atomic E-state index is 11.5. The van der Waals surface area contributed by atoms with Crippen molar-refractivity contribution in [3.8, 4) is 0 Å². The third-order valence-corrected chi connectivity index (χ3v) is 3.28. The minimum atomic E-state index is -1.32. The number of methoxy groups -OCH3 is 1. The van der Waals surface area contributed by atoms with E-state index in [1.807, 2.05) is 0 Å². The van der Waals surface area contributed by atoms with Crippen molar-refractivity contribution in [2.75, 3.05) is 13.7 Å². The molecule has 1 saturated carbocycles. The lowest BCUT2D eigenvalue weighted by Crippen LogP contribution is -2.54. The minimum Gasteiger partial charge on any atom is -0.480 e. The Morgan fingerprint density at radius 3 is 2.42 bits per heavy atom. The Hall–Kier alpha value is -1.83. The Morgan fingerprint density at radius 2 is 2.05 bits per heavy atom. The van der Waals surface area contributed by atoms with Gasteiger partial charge in [0.05, 0.1) is 12.0 Å². The second-order valence-electron chi connectivity index (χ2n) is 4.63. The van der Waals surface area contributed by atoms with Crippen molar-refractivity contribution in [2.45, 2.75) is 37.3 Å². The van der Waals surface area contributed by atoms with Crippen LogP contribution in [0.25, 0.3) is 0 Å². The number of nitrogens with two attached hydrogens (primary N) is 1. The fourth-order valence-electron chi connectivity index (χ4n) is 1.88. The summed E-state index contributed by atoms with van der Waals surface area (Å²) in [6, 6.07) is -1.98. The number of aliphatic carboxylic acids is 1. The highest BCUT2D eigenvalue weighted by atomic mass is 16.5. The molecule has 8 nitrogen and oxygen atoms in total. The average molecular weight is 273 g/mol. The van der Waals surface area contributed by atoms with Crippen LogP contribution in [0.3, 0.4) is 0 Å². The summed E-state index contributed by atoms with van der Waals surface area (Å²) in [5.74, 6) is -2.10. The molecule has 0 spiro atoms. The number of carbonyl (C=O) groups excluding carboxylic acids is 2. The molecular weight excluding hydrogens is 254 g/mol. The van der Waals surface area contributed by atoms with E-state index in [1.165, 1.54) is 0 Å². The van der Waals surface area contributed by atoms with Crippen molar-refractivity contribution < 1.29 is 24.2 Å². The molecule has 19 heavy (non-hydrogen) atoms. The van der Waals surface area contributed by atoms with Crippen LogP contribution in [0, 0.1) is 0 Å². The Morgan fingerprint density at radius 1 is 1.42 bits per heavy atom. The summed E-state index contributed by atoms with van der Waals surface area (Å²) < 4.78 is 5.31. The van der Waals surface area contributed by atoms with Gasteiger partial charge in [-0.05, 0) is 19.3 Å². The molecule has 1 aliphatic rings. The average Bonchev–Trinajstić information content (AvgIpc) is 2.26. The summed E-state index contributed by atoms with van der Waals surface area (Å²) in [6.45, 7) is 0.304. The van der Waals surface area contributed by atoms with Gasteiger partial charge in [-0.1, -0.05) is 0 Å². The molecule has 0 bridgehead atoms. The minimum absolute atomic E-state index is 0.304. The molecule has 108 valence electrons. The molecule has 5 N–H and O–H groups in total. The van der Waals surface area contributed by atoms with E-state index in [4.69, 9.17) is 15.6 Å². The van der Waals surface area contributed by atoms with Gasteiger partial charge in [0, 0.05) is 13.7 Å². The number of ether oxygens (including phenoxy) is 1. The number of amides is 3. The summed E-state index contributed by atoms with van der Waals surface area (Å²) in [5, 5.41) is 13.6. The van der Waals surface area contributed by atoms with Crippen LogP contribution in [-0.4, -0.2) is 48.3 Å². The molecule has 8 heteroatoms. The second kappa shape index (κ2) is 6.37. The predicted molar refractivity (Wildman–Crippen MR) is 65.4 cm³/mol. The molecule has 0 aromatic carbocycles. The van der Waals surface area contributed by atoms with Gasteiger partial charge in [-0.3, -0.25) is 4.79 Å². The smallest absolute Gasteiger partial charge is 0.326 e. The largest absolute Gasteiger partial charge is 0.480 e. The van der Waals surface area contributed by atoms with Crippen LogP contribution in [0.15, 0.2) is 0 Å². The Labute approximate surface area is 110 Å². The maximum Gasteiger partial charge on any atom is 0.326 e. The molecule has 0 saturated heterocycles. The third kappa shape index (κ3) is 4.40. The Bertz CT molecular complexity index is 362. The molecular formula is C11H19N3O5. The molecule has 1 rings (SSSR count). The molecule has 3 amide bonds. The Kier molecular flexibility index (Phi) is 5.11. The van der Waals surface area contributed by atoms with Crippen LogP contribution >= 0.6 is 0 Å². The van der Waals surface area contributed by atoms with Crippen molar-refractivity contribution >= 4 is 17.9 Å². The third-order valence-electron chi connectivity index (χ3n) is 3.28. The van der Waals surface area contributed by atoms with E-state index in [9.17, 15) is 14.4 Å². The number of rotatable bonds is 7. The van der Waals surface area contributed by atoms with Gasteiger partial charge >= 0.3 is 12.0 Å². The number of primary amides is 1. The van der Waals surface area contributed by atoms with Gasteiger partial charge in [-0.25, -0.2) is 9.59 Å². The number of hydrogen-bond donors (Lipinski definition) is 4. The molecule has 1 atom stereocenters. The lowest BCUT2D eigenvalue weighted by Gasteiger charge is -2.40. The monoisotopic (exact) mass is 273 g/mol. The van der Waals surface area contributed by atoms with Crippen molar-refractivity contribution in [2.24, 2.45) is 5.73 Å². The molecule has 0 aromatic rings. The van der Waals surface area contributed by atoms with Gasteiger partial charge < -0.3 is 26.2 Å². The molecule has 0 heterocycles. The summed E-state index contributed by atoms with van der Waals surface area (Å²) in [4.78, 5) is 33.1. The lowest BCUT2D eigenvalue weighted by atomic mass is 9.80. The van der Waals surface area contributed by atoms with Gasteiger partial charge in [0.15, 0.2) is 0 Å². The van der Waals surface area contributed by atoms with E-state index in [-0.39, 0.29) is 5.60 Å². The summed E-state index contributed by atoms with van der Waals surface area (Å²) in [5.41, 5.74) is 4.56. The van der Waals surface area contributed by atoms with Crippen LogP contribution in [-0.2, 0) is 14.3 Å². The first-order chi connectivity index (χ1) is 8.88. The zero-order valence-corrected chi connectivity index (χ0v) is 10.8. The van der Waals surface area contributed by atoms with E-state index >= 15 is 0 Å². The summed E-state index contributed by atoms with van der Waals surface area (Å²) in [7, 11) is 1.58. The molecule has 1 aliphatic carbocycles. The van der Waals surface area contributed by atoms with Gasteiger partial charge in [0.25, 0.3) is 0 Å². The van der Waals surface area contributed by atoms with E-state index in [1.54, 1.807) is 7.11 Å². The van der Waals surface area contributed by atoms with Crippen LogP contribution in [0.2, 0.25) is 0 Å². The zero-order valence-electron chi connectivity index (χ0n) is 10.8. The second-order valence-corrected chi connectivity index (χ2v) is 4.63. The van der Waals surface area contributed by atoms with Gasteiger partial charge in [-0.15, -0.1) is 0 Å². The topological polar surface area (TPSA) is 131 Å². The molecule has 0 unspecified atom stereocenters. The van der Waals surface area contributed by atoms with E-state index in [2.05, 4.69) is 10.6 Å². The first-order valence-electron chi connectivity index (χ1n) is 5.99. The zero-order chi connectivity index (χ0) is 14.5. The first-order valence-corrected chi connectivity index (χ1v) is 5.99. The molecule has 0 aromatic heterocycles. The van der Waals surface area contributed by atoms with E-state index < -0.39 is 30.4 Å². The number of nitrogens with one attached hydrogen (secondary N) is 2. The standard InChI is InChI=1S/C11H19N3O5/c1-19-11(3-2-4-11)6-13-10(18)14-7(9(16)17)5-8(12)15/h7H,2-6H2,1H3,(H2,12,15)(H,16,17)(H2,13,14,18)/t7-/m0/s1.